The van der Waals surface area contributed by atoms with Gasteiger partial charge in [-0.05, 0) is 30.7 Å². The normalized spacial score (nSPS) is 10.7. The Kier molecular flexibility index (Phi) is 4.39. The van der Waals surface area contributed by atoms with Gasteiger partial charge in [-0.25, -0.2) is 0 Å². The largest absolute Gasteiger partial charge is 0.419 e. The molecule has 0 saturated carbocycles. The lowest BCUT2D eigenvalue weighted by Gasteiger charge is -2.01. The van der Waals surface area contributed by atoms with Crippen LogP contribution in [0.15, 0.2) is 65.1 Å². The molecule has 1 heterocycles. The van der Waals surface area contributed by atoms with Gasteiger partial charge < -0.3 is 9.73 Å². The second kappa shape index (κ2) is 6.81. The summed E-state index contributed by atoms with van der Waals surface area (Å²) >= 11 is 0. The van der Waals surface area contributed by atoms with Gasteiger partial charge in [-0.15, -0.1) is 10.2 Å². The van der Waals surface area contributed by atoms with Crippen molar-refractivity contribution < 1.29 is 4.42 Å². The lowest BCUT2D eigenvalue weighted by atomic mass is 10.1. The zero-order valence-electron chi connectivity index (χ0n) is 11.7. The Morgan fingerprint density at radius 2 is 1.57 bits per heavy atom. The molecular formula is C17H17N3O. The third kappa shape index (κ3) is 3.77. The van der Waals surface area contributed by atoms with Gasteiger partial charge in [-0.3, -0.25) is 0 Å². The smallest absolute Gasteiger partial charge is 0.247 e. The van der Waals surface area contributed by atoms with Crippen molar-refractivity contribution in [3.05, 3.63) is 72.1 Å². The van der Waals surface area contributed by atoms with Gasteiger partial charge in [-0.1, -0.05) is 48.5 Å². The zero-order valence-corrected chi connectivity index (χ0v) is 11.7. The maximum atomic E-state index is 5.64. The number of nitrogens with one attached hydrogen (secondary N) is 1. The Bertz CT molecular complexity index is 665. The summed E-state index contributed by atoms with van der Waals surface area (Å²) in [6.45, 7) is 1.47. The fraction of sp³-hybridized carbons (Fsp3) is 0.176. The van der Waals surface area contributed by atoms with E-state index in [1.807, 2.05) is 36.4 Å². The SMILES string of the molecule is c1ccc(CCNCc2nnc(-c3ccccc3)o2)cc1. The quantitative estimate of drug-likeness (QED) is 0.705. The van der Waals surface area contributed by atoms with E-state index in [9.17, 15) is 0 Å². The average Bonchev–Trinajstić information content (AvgIpc) is 3.02. The molecule has 0 spiro atoms. The van der Waals surface area contributed by atoms with Crippen LogP contribution in [0.2, 0.25) is 0 Å². The van der Waals surface area contributed by atoms with Crippen LogP contribution in [0.25, 0.3) is 11.5 Å². The van der Waals surface area contributed by atoms with Gasteiger partial charge in [0.15, 0.2) is 0 Å². The molecule has 4 heteroatoms. The van der Waals surface area contributed by atoms with Crippen LogP contribution < -0.4 is 5.32 Å². The fourth-order valence-electron chi connectivity index (χ4n) is 2.10. The van der Waals surface area contributed by atoms with Crippen molar-refractivity contribution in [3.8, 4) is 11.5 Å². The molecule has 0 saturated heterocycles. The van der Waals surface area contributed by atoms with E-state index in [1.54, 1.807) is 0 Å². The first-order chi connectivity index (χ1) is 10.4. The molecule has 3 aromatic rings. The topological polar surface area (TPSA) is 51.0 Å². The minimum Gasteiger partial charge on any atom is -0.419 e. The van der Waals surface area contributed by atoms with Gasteiger partial charge in [0.1, 0.15) is 0 Å². The van der Waals surface area contributed by atoms with Crippen LogP contribution in [-0.4, -0.2) is 16.7 Å². The molecule has 3 rings (SSSR count). The molecule has 0 aliphatic rings. The van der Waals surface area contributed by atoms with Crippen molar-refractivity contribution in [2.45, 2.75) is 13.0 Å². The highest BCUT2D eigenvalue weighted by Gasteiger charge is 2.07. The summed E-state index contributed by atoms with van der Waals surface area (Å²) in [5.41, 5.74) is 2.26. The van der Waals surface area contributed by atoms with Crippen molar-refractivity contribution in [2.24, 2.45) is 0 Å². The third-order valence-corrected chi connectivity index (χ3v) is 3.20. The van der Waals surface area contributed by atoms with E-state index in [2.05, 4.69) is 39.8 Å². The molecule has 2 aromatic carbocycles. The summed E-state index contributed by atoms with van der Waals surface area (Å²) in [7, 11) is 0. The highest BCUT2D eigenvalue weighted by Crippen LogP contribution is 2.16. The number of hydrogen-bond acceptors (Lipinski definition) is 4. The third-order valence-electron chi connectivity index (χ3n) is 3.20. The molecule has 0 aliphatic carbocycles. The standard InChI is InChI=1S/C17H17N3O/c1-3-7-14(8-4-1)11-12-18-13-16-19-20-17(21-16)15-9-5-2-6-10-15/h1-10,18H,11-13H2. The highest BCUT2D eigenvalue weighted by atomic mass is 16.4. The minimum absolute atomic E-state index is 0.565. The summed E-state index contributed by atoms with van der Waals surface area (Å²) < 4.78 is 5.64. The highest BCUT2D eigenvalue weighted by molar-refractivity contribution is 5.51. The van der Waals surface area contributed by atoms with Gasteiger partial charge in [0.05, 0.1) is 6.54 Å². The van der Waals surface area contributed by atoms with Gasteiger partial charge in [0.25, 0.3) is 0 Å². The van der Waals surface area contributed by atoms with E-state index in [-0.39, 0.29) is 0 Å². The summed E-state index contributed by atoms with van der Waals surface area (Å²) in [6, 6.07) is 20.2. The Labute approximate surface area is 123 Å². The summed E-state index contributed by atoms with van der Waals surface area (Å²) in [6.07, 6.45) is 0.987. The predicted octanol–water partition coefficient (Wildman–Crippen LogP) is 3.07. The summed E-state index contributed by atoms with van der Waals surface area (Å²) in [5.74, 6) is 1.18. The van der Waals surface area contributed by atoms with E-state index >= 15 is 0 Å². The Hall–Kier alpha value is -2.46. The lowest BCUT2D eigenvalue weighted by Crippen LogP contribution is -2.16. The second-order valence-corrected chi connectivity index (χ2v) is 4.78. The Morgan fingerprint density at radius 1 is 0.857 bits per heavy atom. The Morgan fingerprint density at radius 3 is 2.33 bits per heavy atom. The molecule has 1 N–H and O–H groups in total. The van der Waals surface area contributed by atoms with Crippen molar-refractivity contribution in [1.82, 2.24) is 15.5 Å². The molecule has 4 nitrogen and oxygen atoms in total. The molecular weight excluding hydrogens is 262 g/mol. The first kappa shape index (κ1) is 13.5. The second-order valence-electron chi connectivity index (χ2n) is 4.78. The van der Waals surface area contributed by atoms with E-state index in [4.69, 9.17) is 4.42 Å². The summed E-state index contributed by atoms with van der Waals surface area (Å²) in [5, 5.41) is 11.4. The van der Waals surface area contributed by atoms with Crippen molar-refractivity contribution in [2.75, 3.05) is 6.54 Å². The van der Waals surface area contributed by atoms with Crippen LogP contribution >= 0.6 is 0 Å². The van der Waals surface area contributed by atoms with Crippen LogP contribution in [0.5, 0.6) is 0 Å². The molecule has 21 heavy (non-hydrogen) atoms. The first-order valence-electron chi connectivity index (χ1n) is 7.04. The Balaban J connectivity index is 1.49. The average molecular weight is 279 g/mol. The number of hydrogen-bond donors (Lipinski definition) is 1. The van der Waals surface area contributed by atoms with E-state index in [0.29, 0.717) is 18.3 Å². The van der Waals surface area contributed by atoms with Crippen molar-refractivity contribution >= 4 is 0 Å². The molecule has 0 radical (unpaired) electrons. The van der Waals surface area contributed by atoms with Gasteiger partial charge in [-0.2, -0.15) is 0 Å². The van der Waals surface area contributed by atoms with Crippen LogP contribution in [0.3, 0.4) is 0 Å². The van der Waals surface area contributed by atoms with Crippen molar-refractivity contribution in [1.29, 1.82) is 0 Å². The monoisotopic (exact) mass is 279 g/mol. The van der Waals surface area contributed by atoms with E-state index < -0.39 is 0 Å². The maximum Gasteiger partial charge on any atom is 0.247 e. The number of rotatable bonds is 6. The van der Waals surface area contributed by atoms with Gasteiger partial charge in [0, 0.05) is 5.56 Å². The molecule has 0 atom stereocenters. The van der Waals surface area contributed by atoms with E-state index in [1.165, 1.54) is 5.56 Å². The number of benzene rings is 2. The van der Waals surface area contributed by atoms with Crippen molar-refractivity contribution in [3.63, 3.8) is 0 Å². The molecule has 0 amide bonds. The molecule has 0 bridgehead atoms. The van der Waals surface area contributed by atoms with E-state index in [0.717, 1.165) is 18.5 Å². The lowest BCUT2D eigenvalue weighted by molar-refractivity contribution is 0.478. The van der Waals surface area contributed by atoms with Crippen LogP contribution in [-0.2, 0) is 13.0 Å². The fourth-order valence-corrected chi connectivity index (χ4v) is 2.10. The molecule has 0 aliphatic heterocycles. The molecule has 0 fully saturated rings. The molecule has 0 unspecified atom stereocenters. The molecule has 106 valence electrons. The van der Waals surface area contributed by atoms with Crippen LogP contribution in [0.1, 0.15) is 11.5 Å². The van der Waals surface area contributed by atoms with Gasteiger partial charge >= 0.3 is 0 Å². The van der Waals surface area contributed by atoms with Crippen LogP contribution in [0, 0.1) is 0 Å². The predicted molar refractivity (Wildman–Crippen MR) is 81.6 cm³/mol. The molecule has 1 aromatic heterocycles. The minimum atomic E-state index is 0.565. The number of aromatic nitrogens is 2. The zero-order chi connectivity index (χ0) is 14.3. The first-order valence-corrected chi connectivity index (χ1v) is 7.04. The van der Waals surface area contributed by atoms with Crippen LogP contribution in [0.4, 0.5) is 0 Å². The summed E-state index contributed by atoms with van der Waals surface area (Å²) in [4.78, 5) is 0. The van der Waals surface area contributed by atoms with Gasteiger partial charge in [0.2, 0.25) is 11.8 Å². The number of nitrogens with zero attached hydrogens (tertiary/aromatic N) is 2. The maximum absolute atomic E-state index is 5.64.